The highest BCUT2D eigenvalue weighted by Gasteiger charge is 2.11. The number of carboxylic acids is 1. The molecule has 0 saturated carbocycles. The van der Waals surface area contributed by atoms with E-state index in [4.69, 9.17) is 9.84 Å². The molecule has 0 radical (unpaired) electrons. The van der Waals surface area contributed by atoms with E-state index in [9.17, 15) is 4.79 Å². The van der Waals surface area contributed by atoms with E-state index in [2.05, 4.69) is 0 Å². The Morgan fingerprint density at radius 3 is 2.41 bits per heavy atom. The molecule has 0 aliphatic carbocycles. The van der Waals surface area contributed by atoms with Gasteiger partial charge in [-0.2, -0.15) is 0 Å². The number of aromatic carboxylic acids is 1. The molecule has 0 atom stereocenters. The van der Waals surface area contributed by atoms with Crippen LogP contribution in [0, 0.1) is 0 Å². The van der Waals surface area contributed by atoms with Crippen LogP contribution in [0.4, 0.5) is 11.5 Å². The molecular formula is C17H16N2O3. The Hall–Kier alpha value is -2.95. The number of rotatable bonds is 4. The van der Waals surface area contributed by atoms with Gasteiger partial charge in [0.15, 0.2) is 0 Å². The summed E-state index contributed by atoms with van der Waals surface area (Å²) in [7, 11) is 3.57. The lowest BCUT2D eigenvalue weighted by Crippen LogP contribution is -2.12. The maximum absolute atomic E-state index is 11.1. The lowest BCUT2D eigenvalue weighted by Gasteiger charge is -2.19. The van der Waals surface area contributed by atoms with E-state index in [1.165, 1.54) is 0 Å². The third-order valence-corrected chi connectivity index (χ3v) is 3.68. The summed E-state index contributed by atoms with van der Waals surface area (Å²) in [6, 6.07) is 15.0. The average molecular weight is 296 g/mol. The summed E-state index contributed by atoms with van der Waals surface area (Å²) >= 11 is 0. The summed E-state index contributed by atoms with van der Waals surface area (Å²) in [6.07, 6.45) is 1.63. The molecule has 3 rings (SSSR count). The van der Waals surface area contributed by atoms with E-state index >= 15 is 0 Å². The van der Waals surface area contributed by atoms with Crippen molar-refractivity contribution in [1.82, 2.24) is 4.40 Å². The van der Waals surface area contributed by atoms with Crippen LogP contribution in [0.5, 0.6) is 5.75 Å². The number of anilines is 2. The molecule has 2 heterocycles. The average Bonchev–Trinajstić information content (AvgIpc) is 2.97. The van der Waals surface area contributed by atoms with E-state index in [0.717, 1.165) is 22.8 Å². The summed E-state index contributed by atoms with van der Waals surface area (Å²) in [5, 5.41) is 9.15. The number of carboxylic acid groups (broad SMARTS) is 1. The minimum atomic E-state index is -0.936. The van der Waals surface area contributed by atoms with E-state index in [1.807, 2.05) is 52.7 Å². The van der Waals surface area contributed by atoms with Gasteiger partial charge in [0, 0.05) is 24.4 Å². The zero-order valence-electron chi connectivity index (χ0n) is 12.4. The number of methoxy groups -OCH3 is 1. The first-order valence-electron chi connectivity index (χ1n) is 6.82. The van der Waals surface area contributed by atoms with Crippen molar-refractivity contribution in [3.63, 3.8) is 0 Å². The zero-order valence-corrected chi connectivity index (χ0v) is 12.4. The second-order valence-corrected chi connectivity index (χ2v) is 4.97. The summed E-state index contributed by atoms with van der Waals surface area (Å²) in [4.78, 5) is 13.1. The van der Waals surface area contributed by atoms with Gasteiger partial charge in [-0.25, -0.2) is 4.79 Å². The van der Waals surface area contributed by atoms with E-state index in [1.54, 1.807) is 25.4 Å². The fourth-order valence-corrected chi connectivity index (χ4v) is 2.42. The molecule has 5 heteroatoms. The van der Waals surface area contributed by atoms with Crippen LogP contribution >= 0.6 is 0 Å². The van der Waals surface area contributed by atoms with Gasteiger partial charge in [0.25, 0.3) is 0 Å². The third kappa shape index (κ3) is 2.37. The van der Waals surface area contributed by atoms with Crippen molar-refractivity contribution in [1.29, 1.82) is 0 Å². The van der Waals surface area contributed by atoms with E-state index in [0.29, 0.717) is 0 Å². The van der Waals surface area contributed by atoms with Crippen LogP contribution in [0.25, 0.3) is 5.52 Å². The predicted molar refractivity (Wildman–Crippen MR) is 85.4 cm³/mol. The van der Waals surface area contributed by atoms with Crippen molar-refractivity contribution in [3.05, 3.63) is 60.3 Å². The highest BCUT2D eigenvalue weighted by Crippen LogP contribution is 2.27. The van der Waals surface area contributed by atoms with Gasteiger partial charge < -0.3 is 19.1 Å². The maximum atomic E-state index is 11.1. The van der Waals surface area contributed by atoms with E-state index < -0.39 is 5.97 Å². The second-order valence-electron chi connectivity index (χ2n) is 4.97. The minimum Gasteiger partial charge on any atom is -0.497 e. The number of nitrogens with zero attached hydrogens (tertiary/aromatic N) is 2. The number of pyridine rings is 1. The Labute approximate surface area is 128 Å². The Bertz CT molecular complexity index is 822. The molecule has 0 fully saturated rings. The van der Waals surface area contributed by atoms with Gasteiger partial charge in [0.2, 0.25) is 0 Å². The SMILES string of the molecule is COc1ccc(N(C)c2ccc3ccc(C(=O)O)cn23)cc1. The van der Waals surface area contributed by atoms with Crippen molar-refractivity contribution < 1.29 is 14.6 Å². The van der Waals surface area contributed by atoms with Crippen molar-refractivity contribution in [2.24, 2.45) is 0 Å². The Morgan fingerprint density at radius 1 is 1.09 bits per heavy atom. The summed E-state index contributed by atoms with van der Waals surface area (Å²) in [6.45, 7) is 0. The Kier molecular flexibility index (Phi) is 3.47. The van der Waals surface area contributed by atoms with Gasteiger partial charge in [-0.15, -0.1) is 0 Å². The monoisotopic (exact) mass is 296 g/mol. The molecule has 0 saturated heterocycles. The first-order chi connectivity index (χ1) is 10.6. The van der Waals surface area contributed by atoms with Crippen LogP contribution < -0.4 is 9.64 Å². The largest absolute Gasteiger partial charge is 0.497 e. The molecule has 1 aromatic carbocycles. The predicted octanol–water partition coefficient (Wildman–Crippen LogP) is 3.41. The molecule has 0 amide bonds. The van der Waals surface area contributed by atoms with Gasteiger partial charge in [0.05, 0.1) is 12.7 Å². The lowest BCUT2D eigenvalue weighted by molar-refractivity contribution is 0.0696. The number of aromatic nitrogens is 1. The highest BCUT2D eigenvalue weighted by atomic mass is 16.5. The molecular weight excluding hydrogens is 280 g/mol. The number of fused-ring (bicyclic) bond motifs is 1. The summed E-state index contributed by atoms with van der Waals surface area (Å²) < 4.78 is 7.03. The van der Waals surface area contributed by atoms with Crippen LogP contribution in [-0.2, 0) is 0 Å². The van der Waals surface area contributed by atoms with Gasteiger partial charge in [-0.05, 0) is 48.5 Å². The van der Waals surface area contributed by atoms with Crippen molar-refractivity contribution in [3.8, 4) is 5.75 Å². The first kappa shape index (κ1) is 14.0. The number of benzene rings is 1. The van der Waals surface area contributed by atoms with Gasteiger partial charge >= 0.3 is 5.97 Å². The van der Waals surface area contributed by atoms with Crippen LogP contribution in [0.3, 0.4) is 0 Å². The smallest absolute Gasteiger partial charge is 0.337 e. The Morgan fingerprint density at radius 2 is 1.77 bits per heavy atom. The Balaban J connectivity index is 2.04. The molecule has 3 aromatic rings. The first-order valence-corrected chi connectivity index (χ1v) is 6.82. The quantitative estimate of drug-likeness (QED) is 0.801. The van der Waals surface area contributed by atoms with Crippen molar-refractivity contribution >= 4 is 23.0 Å². The van der Waals surface area contributed by atoms with Gasteiger partial charge in [0.1, 0.15) is 11.6 Å². The molecule has 0 bridgehead atoms. The summed E-state index contributed by atoms with van der Waals surface area (Å²) in [5.74, 6) is 0.752. The molecule has 22 heavy (non-hydrogen) atoms. The highest BCUT2D eigenvalue weighted by molar-refractivity contribution is 5.88. The molecule has 2 aromatic heterocycles. The summed E-state index contributed by atoms with van der Waals surface area (Å²) in [5.41, 5.74) is 2.19. The number of hydrogen-bond acceptors (Lipinski definition) is 3. The molecule has 0 aliphatic rings. The molecule has 1 N–H and O–H groups in total. The van der Waals surface area contributed by atoms with Gasteiger partial charge in [-0.3, -0.25) is 0 Å². The van der Waals surface area contributed by atoms with Crippen molar-refractivity contribution in [2.45, 2.75) is 0 Å². The third-order valence-electron chi connectivity index (χ3n) is 3.68. The minimum absolute atomic E-state index is 0.257. The fraction of sp³-hybridized carbons (Fsp3) is 0.118. The number of hydrogen-bond donors (Lipinski definition) is 1. The molecule has 112 valence electrons. The van der Waals surface area contributed by atoms with Gasteiger partial charge in [-0.1, -0.05) is 0 Å². The number of carbonyl (C=O) groups is 1. The fourth-order valence-electron chi connectivity index (χ4n) is 2.42. The second kappa shape index (κ2) is 5.44. The molecule has 0 spiro atoms. The van der Waals surface area contributed by atoms with E-state index in [-0.39, 0.29) is 5.56 Å². The normalized spacial score (nSPS) is 10.6. The number of ether oxygens (including phenoxy) is 1. The zero-order chi connectivity index (χ0) is 15.7. The topological polar surface area (TPSA) is 54.2 Å². The van der Waals surface area contributed by atoms with Crippen LogP contribution in [0.1, 0.15) is 10.4 Å². The molecule has 0 aliphatic heterocycles. The molecule has 0 unspecified atom stereocenters. The standard InChI is InChI=1S/C17H16N2O3/c1-18(13-5-8-15(22-2)9-6-13)16-10-7-14-4-3-12(17(20)21)11-19(14)16/h3-11H,1-2H3,(H,20,21). The maximum Gasteiger partial charge on any atom is 0.337 e. The van der Waals surface area contributed by atoms with Crippen LogP contribution in [-0.4, -0.2) is 29.6 Å². The lowest BCUT2D eigenvalue weighted by atomic mass is 10.2. The van der Waals surface area contributed by atoms with Crippen molar-refractivity contribution in [2.75, 3.05) is 19.1 Å². The van der Waals surface area contributed by atoms with Crippen LogP contribution in [0.15, 0.2) is 54.7 Å². The van der Waals surface area contributed by atoms with Crippen LogP contribution in [0.2, 0.25) is 0 Å². The molecule has 5 nitrogen and oxygen atoms in total.